The van der Waals surface area contributed by atoms with Crippen molar-refractivity contribution >= 4 is 28.8 Å². The third-order valence-electron chi connectivity index (χ3n) is 4.64. The summed E-state index contributed by atoms with van der Waals surface area (Å²) in [4.78, 5) is 48.3. The van der Waals surface area contributed by atoms with Crippen molar-refractivity contribution in [2.24, 2.45) is 0 Å². The van der Waals surface area contributed by atoms with Crippen LogP contribution in [-0.2, 0) is 9.53 Å². The molecule has 29 heavy (non-hydrogen) atoms. The highest BCUT2D eigenvalue weighted by molar-refractivity contribution is 5.92. The zero-order valence-electron chi connectivity index (χ0n) is 15.5. The first-order chi connectivity index (χ1) is 14.1. The predicted octanol–water partition coefficient (Wildman–Crippen LogP) is 1.36. The highest BCUT2D eigenvalue weighted by Crippen LogP contribution is 2.11. The molecule has 1 saturated heterocycles. The quantitative estimate of drug-likeness (QED) is 0.615. The molecule has 3 heterocycles. The monoisotopic (exact) mass is 394 g/mol. The number of benzene rings is 1. The summed E-state index contributed by atoms with van der Waals surface area (Å²) in [6.07, 6.45) is 2.77. The lowest BCUT2D eigenvalue weighted by Crippen LogP contribution is -2.51. The van der Waals surface area contributed by atoms with E-state index in [1.54, 1.807) is 40.1 Å². The number of furan rings is 1. The van der Waals surface area contributed by atoms with E-state index < -0.39 is 5.97 Å². The van der Waals surface area contributed by atoms with Gasteiger partial charge in [-0.1, -0.05) is 12.1 Å². The molecular weight excluding hydrogens is 376 g/mol. The van der Waals surface area contributed by atoms with Gasteiger partial charge in [-0.15, -0.1) is 0 Å². The molecule has 2 aromatic heterocycles. The van der Waals surface area contributed by atoms with Gasteiger partial charge in [0.15, 0.2) is 18.1 Å². The Bertz CT molecular complexity index is 1040. The van der Waals surface area contributed by atoms with Gasteiger partial charge in [0.05, 0.1) is 23.5 Å². The summed E-state index contributed by atoms with van der Waals surface area (Å²) >= 11 is 0. The number of nitrogens with zero attached hydrogens (tertiary/aromatic N) is 4. The molecule has 0 atom stereocenters. The van der Waals surface area contributed by atoms with E-state index in [2.05, 4.69) is 9.97 Å². The first-order valence-electron chi connectivity index (χ1n) is 9.11. The van der Waals surface area contributed by atoms with Gasteiger partial charge in [0, 0.05) is 26.2 Å². The number of hydrogen-bond donors (Lipinski definition) is 0. The summed E-state index contributed by atoms with van der Waals surface area (Å²) < 4.78 is 10.2. The topological polar surface area (TPSA) is 106 Å². The van der Waals surface area contributed by atoms with Crippen LogP contribution in [0.1, 0.15) is 21.0 Å². The van der Waals surface area contributed by atoms with Crippen LogP contribution in [0.3, 0.4) is 0 Å². The minimum absolute atomic E-state index is 0.0466. The number of carbonyl (C=O) groups is 3. The molecule has 0 saturated carbocycles. The van der Waals surface area contributed by atoms with Gasteiger partial charge in [-0.05, 0) is 24.3 Å². The average molecular weight is 394 g/mol. The number of rotatable bonds is 4. The van der Waals surface area contributed by atoms with Crippen molar-refractivity contribution in [1.29, 1.82) is 0 Å². The largest absolute Gasteiger partial charge is 0.459 e. The number of para-hydroxylation sites is 2. The molecule has 0 aliphatic carbocycles. The number of hydrogen-bond acceptors (Lipinski definition) is 7. The van der Waals surface area contributed by atoms with Crippen molar-refractivity contribution in [3.8, 4) is 0 Å². The summed E-state index contributed by atoms with van der Waals surface area (Å²) in [6, 6.07) is 10.4. The second-order valence-electron chi connectivity index (χ2n) is 6.47. The molecule has 9 nitrogen and oxygen atoms in total. The molecule has 1 aliphatic heterocycles. The van der Waals surface area contributed by atoms with Crippen LogP contribution in [0.25, 0.3) is 11.0 Å². The van der Waals surface area contributed by atoms with Crippen molar-refractivity contribution in [2.45, 2.75) is 0 Å². The molecule has 0 unspecified atom stereocenters. The van der Waals surface area contributed by atoms with Crippen LogP contribution in [0.15, 0.2) is 53.3 Å². The standard InChI is InChI=1S/C20H18N4O5/c25-18(23-7-9-24(10-8-23)19(26)17-6-3-11-28-17)13-29-20(27)16-12-21-14-4-1-2-5-15(14)22-16/h1-6,11-12H,7-10,13H2. The molecule has 0 N–H and O–H groups in total. The predicted molar refractivity (Wildman–Crippen MR) is 101 cm³/mol. The first kappa shape index (κ1) is 18.6. The van der Waals surface area contributed by atoms with Crippen molar-refractivity contribution in [2.75, 3.05) is 32.8 Å². The Morgan fingerprint density at radius 3 is 2.41 bits per heavy atom. The molecular formula is C20H18N4O5. The Morgan fingerprint density at radius 1 is 0.966 bits per heavy atom. The van der Waals surface area contributed by atoms with E-state index in [0.717, 1.165) is 0 Å². The molecule has 0 spiro atoms. The number of carbonyl (C=O) groups excluding carboxylic acids is 3. The molecule has 4 rings (SSSR count). The minimum Gasteiger partial charge on any atom is -0.459 e. The van der Waals surface area contributed by atoms with Gasteiger partial charge in [-0.25, -0.2) is 9.78 Å². The lowest BCUT2D eigenvalue weighted by atomic mass is 10.3. The van der Waals surface area contributed by atoms with Crippen molar-refractivity contribution in [1.82, 2.24) is 19.8 Å². The summed E-state index contributed by atoms with van der Waals surface area (Å²) in [5.41, 5.74) is 1.29. The number of amides is 2. The van der Waals surface area contributed by atoms with E-state index in [1.807, 2.05) is 6.07 Å². The van der Waals surface area contributed by atoms with Crippen LogP contribution in [0.2, 0.25) is 0 Å². The highest BCUT2D eigenvalue weighted by Gasteiger charge is 2.26. The van der Waals surface area contributed by atoms with Gasteiger partial charge < -0.3 is 19.0 Å². The number of ether oxygens (including phenoxy) is 1. The third kappa shape index (κ3) is 4.08. The van der Waals surface area contributed by atoms with E-state index in [9.17, 15) is 14.4 Å². The second kappa shape index (κ2) is 8.09. The van der Waals surface area contributed by atoms with Crippen LogP contribution in [0.4, 0.5) is 0 Å². The van der Waals surface area contributed by atoms with E-state index in [1.165, 1.54) is 12.5 Å². The number of esters is 1. The summed E-state index contributed by atoms with van der Waals surface area (Å²) in [7, 11) is 0. The van der Waals surface area contributed by atoms with Gasteiger partial charge >= 0.3 is 5.97 Å². The Balaban J connectivity index is 1.28. The number of fused-ring (bicyclic) bond motifs is 1. The van der Waals surface area contributed by atoms with Crippen LogP contribution >= 0.6 is 0 Å². The molecule has 148 valence electrons. The third-order valence-corrected chi connectivity index (χ3v) is 4.64. The lowest BCUT2D eigenvalue weighted by molar-refractivity contribution is -0.136. The fourth-order valence-corrected chi connectivity index (χ4v) is 3.06. The number of aromatic nitrogens is 2. The van der Waals surface area contributed by atoms with E-state index >= 15 is 0 Å². The van der Waals surface area contributed by atoms with Crippen LogP contribution in [-0.4, -0.2) is 70.3 Å². The minimum atomic E-state index is -0.705. The zero-order valence-corrected chi connectivity index (χ0v) is 15.5. The van der Waals surface area contributed by atoms with Gasteiger partial charge in [-0.2, -0.15) is 0 Å². The Morgan fingerprint density at radius 2 is 1.69 bits per heavy atom. The Kier molecular flexibility index (Phi) is 5.19. The molecule has 1 aromatic carbocycles. The average Bonchev–Trinajstić information content (AvgIpc) is 3.31. The van der Waals surface area contributed by atoms with Crippen molar-refractivity contribution in [3.63, 3.8) is 0 Å². The summed E-state index contributed by atoms with van der Waals surface area (Å²) in [5, 5.41) is 0. The Hall–Kier alpha value is -3.75. The fourth-order valence-electron chi connectivity index (χ4n) is 3.06. The van der Waals surface area contributed by atoms with Gasteiger partial charge in [-0.3, -0.25) is 14.6 Å². The summed E-state index contributed by atoms with van der Waals surface area (Å²) in [6.45, 7) is 1.10. The maximum Gasteiger partial charge on any atom is 0.359 e. The first-order valence-corrected chi connectivity index (χ1v) is 9.11. The Labute approximate surface area is 165 Å². The SMILES string of the molecule is O=C(OCC(=O)N1CCN(C(=O)c2ccco2)CC1)c1cnc2ccccc2n1. The molecule has 9 heteroatoms. The van der Waals surface area contributed by atoms with Crippen LogP contribution in [0, 0.1) is 0 Å². The molecule has 2 amide bonds. The molecule has 1 aliphatic rings. The van der Waals surface area contributed by atoms with E-state index in [-0.39, 0.29) is 29.9 Å². The molecule has 3 aromatic rings. The van der Waals surface area contributed by atoms with Gasteiger partial charge in [0.25, 0.3) is 11.8 Å². The lowest BCUT2D eigenvalue weighted by Gasteiger charge is -2.34. The maximum absolute atomic E-state index is 12.3. The van der Waals surface area contributed by atoms with Gasteiger partial charge in [0.1, 0.15) is 0 Å². The fraction of sp³-hybridized carbons (Fsp3) is 0.250. The van der Waals surface area contributed by atoms with Crippen LogP contribution < -0.4 is 0 Å². The zero-order chi connectivity index (χ0) is 20.2. The second-order valence-corrected chi connectivity index (χ2v) is 6.47. The van der Waals surface area contributed by atoms with Gasteiger partial charge in [0.2, 0.25) is 0 Å². The maximum atomic E-state index is 12.3. The van der Waals surface area contributed by atoms with Crippen molar-refractivity contribution in [3.05, 3.63) is 60.3 Å². The summed E-state index contributed by atoms with van der Waals surface area (Å²) in [5.74, 6) is -0.959. The molecule has 0 radical (unpaired) electrons. The number of piperazine rings is 1. The van der Waals surface area contributed by atoms with Crippen molar-refractivity contribution < 1.29 is 23.5 Å². The van der Waals surface area contributed by atoms with E-state index in [4.69, 9.17) is 9.15 Å². The van der Waals surface area contributed by atoms with E-state index in [0.29, 0.717) is 37.2 Å². The smallest absolute Gasteiger partial charge is 0.359 e. The molecule has 1 fully saturated rings. The highest BCUT2D eigenvalue weighted by atomic mass is 16.5. The normalized spacial score (nSPS) is 14.1. The molecule has 0 bridgehead atoms. The van der Waals surface area contributed by atoms with Crippen LogP contribution in [0.5, 0.6) is 0 Å².